The van der Waals surface area contributed by atoms with Crippen LogP contribution in [-0.2, 0) is 10.0 Å². The SMILES string of the molecule is CNS(=O)(=O)c1cc(C(=O)Nc2ccc(C)c(-n3nnnc3C)c2)ccc1OC. The molecular formula is C18H20N6O4S. The molecule has 0 aliphatic rings. The molecule has 3 aromatic rings. The van der Waals surface area contributed by atoms with E-state index in [4.69, 9.17) is 4.74 Å². The van der Waals surface area contributed by atoms with Gasteiger partial charge in [0, 0.05) is 11.3 Å². The second-order valence-corrected chi connectivity index (χ2v) is 8.02. The highest BCUT2D eigenvalue weighted by Gasteiger charge is 2.20. The standard InChI is InChI=1S/C18H20N6O4S/c1-11-5-7-14(10-15(11)24-12(2)21-22-23-24)20-18(25)13-6-8-16(28-4)17(9-13)29(26,27)19-3/h5-10,19H,1-4H3,(H,20,25). The summed E-state index contributed by atoms with van der Waals surface area (Å²) in [6.07, 6.45) is 0. The highest BCUT2D eigenvalue weighted by atomic mass is 32.2. The maximum Gasteiger partial charge on any atom is 0.255 e. The van der Waals surface area contributed by atoms with Gasteiger partial charge >= 0.3 is 0 Å². The summed E-state index contributed by atoms with van der Waals surface area (Å²) in [5.74, 6) is 0.278. The van der Waals surface area contributed by atoms with Crippen LogP contribution in [0.5, 0.6) is 5.75 Å². The van der Waals surface area contributed by atoms with Gasteiger partial charge in [0.05, 0.1) is 12.8 Å². The van der Waals surface area contributed by atoms with Gasteiger partial charge in [-0.15, -0.1) is 5.10 Å². The van der Waals surface area contributed by atoms with E-state index < -0.39 is 15.9 Å². The molecule has 0 saturated heterocycles. The smallest absolute Gasteiger partial charge is 0.255 e. The van der Waals surface area contributed by atoms with Crippen LogP contribution in [0.2, 0.25) is 0 Å². The number of hydrogen-bond donors (Lipinski definition) is 2. The number of ether oxygens (including phenoxy) is 1. The Kier molecular flexibility index (Phi) is 5.62. The van der Waals surface area contributed by atoms with Crippen molar-refractivity contribution >= 4 is 21.6 Å². The fraction of sp³-hybridized carbons (Fsp3) is 0.222. The van der Waals surface area contributed by atoms with Crippen LogP contribution in [0.4, 0.5) is 5.69 Å². The number of carbonyl (C=O) groups is 1. The van der Waals surface area contributed by atoms with Crippen molar-refractivity contribution in [2.24, 2.45) is 0 Å². The molecule has 0 aliphatic heterocycles. The predicted molar refractivity (Wildman–Crippen MR) is 106 cm³/mol. The van der Waals surface area contributed by atoms with Gasteiger partial charge in [-0.25, -0.2) is 13.1 Å². The number of anilines is 1. The molecule has 1 heterocycles. The van der Waals surface area contributed by atoms with Gasteiger partial charge in [0.2, 0.25) is 10.0 Å². The van der Waals surface area contributed by atoms with Crippen LogP contribution in [0.25, 0.3) is 5.69 Å². The number of benzene rings is 2. The first-order chi connectivity index (χ1) is 13.8. The van der Waals surface area contributed by atoms with Crippen LogP contribution in [0, 0.1) is 13.8 Å². The van der Waals surface area contributed by atoms with E-state index in [1.165, 1.54) is 32.4 Å². The number of sulfonamides is 1. The zero-order chi connectivity index (χ0) is 21.2. The van der Waals surface area contributed by atoms with E-state index in [-0.39, 0.29) is 16.2 Å². The number of nitrogens with zero attached hydrogens (tertiary/aromatic N) is 4. The molecular weight excluding hydrogens is 396 g/mol. The first-order valence-electron chi connectivity index (χ1n) is 8.55. The fourth-order valence-electron chi connectivity index (χ4n) is 2.71. The number of nitrogens with one attached hydrogen (secondary N) is 2. The minimum absolute atomic E-state index is 0.121. The highest BCUT2D eigenvalue weighted by Crippen LogP contribution is 2.26. The molecule has 0 spiro atoms. The summed E-state index contributed by atoms with van der Waals surface area (Å²) < 4.78 is 33.3. The molecule has 0 bridgehead atoms. The lowest BCUT2D eigenvalue weighted by Gasteiger charge is -2.12. The van der Waals surface area contributed by atoms with E-state index in [0.29, 0.717) is 11.5 Å². The lowest BCUT2D eigenvalue weighted by atomic mass is 10.1. The minimum atomic E-state index is -3.80. The van der Waals surface area contributed by atoms with Gasteiger partial charge in [-0.2, -0.15) is 4.68 Å². The monoisotopic (exact) mass is 416 g/mol. The third-order valence-corrected chi connectivity index (χ3v) is 5.74. The second-order valence-electron chi connectivity index (χ2n) is 6.17. The summed E-state index contributed by atoms with van der Waals surface area (Å²) in [7, 11) is -1.15. The van der Waals surface area contributed by atoms with Crippen LogP contribution in [0.1, 0.15) is 21.7 Å². The number of amides is 1. The van der Waals surface area contributed by atoms with Gasteiger partial charge in [0.25, 0.3) is 5.91 Å². The average molecular weight is 416 g/mol. The summed E-state index contributed by atoms with van der Waals surface area (Å²) in [4.78, 5) is 12.6. The van der Waals surface area contributed by atoms with Crippen LogP contribution < -0.4 is 14.8 Å². The summed E-state index contributed by atoms with van der Waals surface area (Å²) in [5, 5.41) is 14.2. The Morgan fingerprint density at radius 3 is 2.52 bits per heavy atom. The van der Waals surface area contributed by atoms with E-state index in [0.717, 1.165) is 11.3 Å². The maximum absolute atomic E-state index is 12.7. The number of tetrazole rings is 1. The third kappa shape index (κ3) is 4.10. The number of aromatic nitrogens is 4. The Hall–Kier alpha value is -3.31. The fourth-order valence-corrected chi connectivity index (χ4v) is 3.63. The number of carbonyl (C=O) groups excluding carboxylic acids is 1. The lowest BCUT2D eigenvalue weighted by Crippen LogP contribution is -2.20. The van der Waals surface area contributed by atoms with Crippen molar-refractivity contribution in [1.82, 2.24) is 24.9 Å². The van der Waals surface area contributed by atoms with E-state index in [2.05, 4.69) is 25.6 Å². The molecule has 29 heavy (non-hydrogen) atoms. The van der Waals surface area contributed by atoms with E-state index in [1.54, 1.807) is 23.7 Å². The quantitative estimate of drug-likeness (QED) is 0.622. The number of hydrogen-bond acceptors (Lipinski definition) is 7. The number of rotatable bonds is 6. The molecule has 0 saturated carbocycles. The van der Waals surface area contributed by atoms with Gasteiger partial charge in [-0.1, -0.05) is 6.07 Å². The largest absolute Gasteiger partial charge is 0.495 e. The average Bonchev–Trinajstić information content (AvgIpc) is 3.14. The van der Waals surface area contributed by atoms with Crippen molar-refractivity contribution in [2.45, 2.75) is 18.7 Å². The molecule has 0 fully saturated rings. The van der Waals surface area contributed by atoms with Crippen molar-refractivity contribution < 1.29 is 17.9 Å². The first kappa shape index (κ1) is 20.4. The third-order valence-electron chi connectivity index (χ3n) is 4.30. The lowest BCUT2D eigenvalue weighted by molar-refractivity contribution is 0.102. The zero-order valence-electron chi connectivity index (χ0n) is 16.3. The van der Waals surface area contributed by atoms with Crippen LogP contribution in [0.3, 0.4) is 0 Å². The van der Waals surface area contributed by atoms with Crippen LogP contribution >= 0.6 is 0 Å². The van der Waals surface area contributed by atoms with Gasteiger partial charge in [-0.05, 0) is 67.2 Å². The van der Waals surface area contributed by atoms with Gasteiger partial charge in [0.1, 0.15) is 10.6 Å². The highest BCUT2D eigenvalue weighted by molar-refractivity contribution is 7.89. The normalized spacial score (nSPS) is 11.3. The second kappa shape index (κ2) is 7.97. The van der Waals surface area contributed by atoms with E-state index in [1.807, 2.05) is 13.0 Å². The van der Waals surface area contributed by atoms with Crippen molar-refractivity contribution in [3.05, 3.63) is 53.3 Å². The van der Waals surface area contributed by atoms with Gasteiger partial charge in [-0.3, -0.25) is 4.79 Å². The van der Waals surface area contributed by atoms with Gasteiger partial charge < -0.3 is 10.1 Å². The summed E-state index contributed by atoms with van der Waals surface area (Å²) in [6, 6.07) is 9.50. The first-order valence-corrected chi connectivity index (χ1v) is 10.0. The predicted octanol–water partition coefficient (Wildman–Crippen LogP) is 1.45. The molecule has 1 amide bonds. The van der Waals surface area contributed by atoms with Gasteiger partial charge in [0.15, 0.2) is 5.82 Å². The van der Waals surface area contributed by atoms with Crippen LogP contribution in [0.15, 0.2) is 41.3 Å². The zero-order valence-corrected chi connectivity index (χ0v) is 17.1. The molecule has 11 heteroatoms. The Morgan fingerprint density at radius 1 is 1.14 bits per heavy atom. The Morgan fingerprint density at radius 2 is 1.90 bits per heavy atom. The molecule has 0 aliphatic carbocycles. The molecule has 0 radical (unpaired) electrons. The number of methoxy groups -OCH3 is 1. The van der Waals surface area contributed by atoms with Crippen molar-refractivity contribution in [3.8, 4) is 11.4 Å². The molecule has 152 valence electrons. The van der Waals surface area contributed by atoms with E-state index >= 15 is 0 Å². The molecule has 0 atom stereocenters. The van der Waals surface area contributed by atoms with Crippen LogP contribution in [-0.4, -0.2) is 48.7 Å². The summed E-state index contributed by atoms with van der Waals surface area (Å²) in [5.41, 5.74) is 2.32. The Labute approximate surface area is 167 Å². The van der Waals surface area contributed by atoms with Crippen molar-refractivity contribution in [1.29, 1.82) is 0 Å². The number of aryl methyl sites for hydroxylation is 2. The topological polar surface area (TPSA) is 128 Å². The Balaban J connectivity index is 1.93. The molecule has 0 unspecified atom stereocenters. The maximum atomic E-state index is 12.7. The van der Waals surface area contributed by atoms with Crippen molar-refractivity contribution in [3.63, 3.8) is 0 Å². The molecule has 10 nitrogen and oxygen atoms in total. The molecule has 2 aromatic carbocycles. The summed E-state index contributed by atoms with van der Waals surface area (Å²) >= 11 is 0. The minimum Gasteiger partial charge on any atom is -0.495 e. The van der Waals surface area contributed by atoms with E-state index in [9.17, 15) is 13.2 Å². The molecule has 3 rings (SSSR count). The molecule has 2 N–H and O–H groups in total. The summed E-state index contributed by atoms with van der Waals surface area (Å²) in [6.45, 7) is 3.67. The Bertz CT molecular complexity index is 1170. The molecule has 1 aromatic heterocycles. The van der Waals surface area contributed by atoms with Crippen molar-refractivity contribution in [2.75, 3.05) is 19.5 Å².